The highest BCUT2D eigenvalue weighted by Crippen LogP contribution is 2.12. The molecule has 9 heteroatoms. The van der Waals surface area contributed by atoms with E-state index in [1.54, 1.807) is 0 Å². The number of nitrogens with zero attached hydrogens (tertiary/aromatic N) is 1. The van der Waals surface area contributed by atoms with E-state index in [-0.39, 0.29) is 32.7 Å². The number of carbonyl (C=O) groups is 3. The maximum absolute atomic E-state index is 12.8. The summed E-state index contributed by atoms with van der Waals surface area (Å²) in [7, 11) is 5.88. The van der Waals surface area contributed by atoms with E-state index in [4.69, 9.17) is 18.9 Å². The second kappa shape index (κ2) is 42.9. The molecule has 0 aliphatic carbocycles. The fraction of sp³-hybridized carbons (Fsp3) is 0.635. The molecule has 0 heterocycles. The van der Waals surface area contributed by atoms with E-state index < -0.39 is 30.3 Å². The van der Waals surface area contributed by atoms with Crippen LogP contribution in [0.15, 0.2) is 97.2 Å². The van der Waals surface area contributed by atoms with E-state index in [1.807, 2.05) is 21.1 Å². The van der Waals surface area contributed by atoms with E-state index in [2.05, 4.69) is 111 Å². The molecule has 0 spiro atoms. The largest absolute Gasteiger partial charge is 0.545 e. The predicted octanol–water partition coefficient (Wildman–Crippen LogP) is 11.3. The zero-order valence-electron chi connectivity index (χ0n) is 39.0. The summed E-state index contributed by atoms with van der Waals surface area (Å²) in [5.74, 6) is -2.36. The van der Waals surface area contributed by atoms with Gasteiger partial charge in [0.1, 0.15) is 13.2 Å². The first-order valence-electron chi connectivity index (χ1n) is 23.4. The topological polar surface area (TPSA) is 111 Å². The van der Waals surface area contributed by atoms with Crippen LogP contribution < -0.4 is 5.11 Å². The normalized spacial score (nSPS) is 13.8. The van der Waals surface area contributed by atoms with Gasteiger partial charge in [0, 0.05) is 12.8 Å². The number of unbranched alkanes of at least 4 members (excludes halogenated alkanes) is 10. The standard InChI is InChI=1S/C52H85NO8/c1-6-8-10-12-14-16-18-20-21-22-23-24-25-26-27-28-29-31-33-35-37-39-41-43-50(55)61-48(47-60-52(51(56)57)58-45-44-53(3,4)5)46-59-49(54)42-40-38-36-34-32-30-19-17-15-13-11-9-7-2/h8-11,14-17,20-21,23-24,26-27,30,32,48,52H,6-7,12-13,18-19,22,25,28-29,31,33-47H2,1-5H3/b10-8-,11-9-,16-14-,17-15-,21-20-,24-23-,27-26-,32-30-. The van der Waals surface area contributed by atoms with E-state index in [1.165, 1.54) is 19.3 Å². The molecule has 0 aromatic heterocycles. The second-order valence-corrected chi connectivity index (χ2v) is 16.3. The SMILES string of the molecule is CC/C=C\C/C=C\C/C=C\C/C=C\C/C=C\CCCCCCCCCC(=O)OC(COC(=O)CCCCC/C=C\C/C=C\C/C=C\CC)COC(OCC[N+](C)(C)C)C(=O)[O-]. The third kappa shape index (κ3) is 44.1. The van der Waals surface area contributed by atoms with Crippen molar-refractivity contribution in [3.05, 3.63) is 97.2 Å². The lowest BCUT2D eigenvalue weighted by Crippen LogP contribution is -2.44. The van der Waals surface area contributed by atoms with Gasteiger partial charge in [0.15, 0.2) is 12.4 Å². The van der Waals surface area contributed by atoms with Crippen LogP contribution in [-0.2, 0) is 33.3 Å². The van der Waals surface area contributed by atoms with E-state index in [0.717, 1.165) is 96.3 Å². The molecule has 0 aliphatic rings. The van der Waals surface area contributed by atoms with Crippen LogP contribution in [0.3, 0.4) is 0 Å². The van der Waals surface area contributed by atoms with Gasteiger partial charge >= 0.3 is 11.9 Å². The van der Waals surface area contributed by atoms with Crippen molar-refractivity contribution in [2.75, 3.05) is 47.5 Å². The number of rotatable bonds is 41. The highest BCUT2D eigenvalue weighted by molar-refractivity contribution is 5.70. The lowest BCUT2D eigenvalue weighted by Gasteiger charge is -2.26. The van der Waals surface area contributed by atoms with Crippen molar-refractivity contribution in [2.45, 2.75) is 167 Å². The molecule has 0 N–H and O–H groups in total. The number of carbonyl (C=O) groups excluding carboxylic acids is 3. The molecule has 0 fully saturated rings. The summed E-state index contributed by atoms with van der Waals surface area (Å²) < 4.78 is 22.5. The number of quaternary nitrogens is 1. The minimum atomic E-state index is -1.64. The van der Waals surface area contributed by atoms with Crippen LogP contribution in [0, 0.1) is 0 Å². The van der Waals surface area contributed by atoms with Gasteiger partial charge in [-0.15, -0.1) is 0 Å². The maximum Gasteiger partial charge on any atom is 0.306 e. The van der Waals surface area contributed by atoms with Crippen LogP contribution in [0.1, 0.15) is 155 Å². The maximum atomic E-state index is 12.8. The van der Waals surface area contributed by atoms with Gasteiger partial charge in [-0.1, -0.05) is 150 Å². The highest BCUT2D eigenvalue weighted by Gasteiger charge is 2.21. The summed E-state index contributed by atoms with van der Waals surface area (Å²) in [5.41, 5.74) is 0. The number of aliphatic carboxylic acids is 1. The summed E-state index contributed by atoms with van der Waals surface area (Å²) in [6, 6.07) is 0. The van der Waals surface area contributed by atoms with Crippen LogP contribution in [0.2, 0.25) is 0 Å². The number of hydrogen-bond acceptors (Lipinski definition) is 8. The third-order valence-corrected chi connectivity index (χ3v) is 9.33. The van der Waals surface area contributed by atoms with E-state index in [9.17, 15) is 19.5 Å². The molecule has 2 unspecified atom stereocenters. The van der Waals surface area contributed by atoms with Gasteiger partial charge in [-0.25, -0.2) is 0 Å². The third-order valence-electron chi connectivity index (χ3n) is 9.33. The van der Waals surface area contributed by atoms with Gasteiger partial charge in [-0.05, 0) is 89.9 Å². The number of likely N-dealkylation sites (N-methyl/N-ethyl adjacent to an activating group) is 1. The number of hydrogen-bond donors (Lipinski definition) is 0. The summed E-state index contributed by atoms with van der Waals surface area (Å²) in [5, 5.41) is 11.7. The Balaban J connectivity index is 4.45. The van der Waals surface area contributed by atoms with Crippen LogP contribution in [0.25, 0.3) is 0 Å². The first-order chi connectivity index (χ1) is 29.6. The van der Waals surface area contributed by atoms with Crippen LogP contribution in [-0.4, -0.2) is 82.3 Å². The van der Waals surface area contributed by atoms with Gasteiger partial charge in [0.05, 0.1) is 40.3 Å². The first kappa shape index (κ1) is 57.2. The smallest absolute Gasteiger partial charge is 0.306 e. The van der Waals surface area contributed by atoms with Crippen molar-refractivity contribution >= 4 is 17.9 Å². The summed E-state index contributed by atoms with van der Waals surface area (Å²) in [4.78, 5) is 37.0. The zero-order chi connectivity index (χ0) is 44.9. The molecule has 346 valence electrons. The minimum Gasteiger partial charge on any atom is -0.545 e. The van der Waals surface area contributed by atoms with Crippen molar-refractivity contribution in [2.24, 2.45) is 0 Å². The fourth-order valence-corrected chi connectivity index (χ4v) is 5.75. The Kier molecular flexibility index (Phi) is 40.2. The molecular formula is C52H85NO8. The number of allylic oxidation sites excluding steroid dienone is 16. The number of carboxylic acids is 1. The van der Waals surface area contributed by atoms with Crippen molar-refractivity contribution in [1.29, 1.82) is 0 Å². The second-order valence-electron chi connectivity index (χ2n) is 16.3. The molecule has 0 amide bonds. The summed E-state index contributed by atoms with van der Waals surface area (Å²) in [6.45, 7) is 4.43. The Morgan fingerprint density at radius 2 is 0.885 bits per heavy atom. The quantitative estimate of drug-likeness (QED) is 0.0197. The van der Waals surface area contributed by atoms with Gasteiger partial charge in [-0.3, -0.25) is 9.59 Å². The Morgan fingerprint density at radius 1 is 0.492 bits per heavy atom. The molecule has 0 aliphatic heterocycles. The molecule has 0 bridgehead atoms. The molecule has 0 aromatic rings. The Labute approximate surface area is 372 Å². The molecule has 2 atom stereocenters. The Bertz CT molecular complexity index is 1320. The number of carboxylic acid groups (broad SMARTS) is 1. The zero-order valence-corrected chi connectivity index (χ0v) is 39.0. The molecular weight excluding hydrogens is 767 g/mol. The van der Waals surface area contributed by atoms with Crippen molar-refractivity contribution < 1.29 is 42.9 Å². The van der Waals surface area contributed by atoms with Gasteiger partial charge in [0.2, 0.25) is 0 Å². The molecule has 0 aromatic carbocycles. The van der Waals surface area contributed by atoms with Crippen LogP contribution in [0.4, 0.5) is 0 Å². The number of esters is 2. The Hall–Kier alpha value is -3.79. The lowest BCUT2D eigenvalue weighted by atomic mass is 10.1. The van der Waals surface area contributed by atoms with Gasteiger partial charge in [0.25, 0.3) is 0 Å². The molecule has 0 saturated heterocycles. The van der Waals surface area contributed by atoms with E-state index >= 15 is 0 Å². The van der Waals surface area contributed by atoms with Crippen molar-refractivity contribution in [3.63, 3.8) is 0 Å². The average Bonchev–Trinajstić information content (AvgIpc) is 3.22. The highest BCUT2D eigenvalue weighted by atomic mass is 16.7. The monoisotopic (exact) mass is 852 g/mol. The van der Waals surface area contributed by atoms with Crippen LogP contribution in [0.5, 0.6) is 0 Å². The van der Waals surface area contributed by atoms with Crippen molar-refractivity contribution in [1.82, 2.24) is 0 Å². The average molecular weight is 852 g/mol. The molecule has 0 radical (unpaired) electrons. The Morgan fingerprint density at radius 3 is 1.33 bits per heavy atom. The fourth-order valence-electron chi connectivity index (χ4n) is 5.75. The molecule has 0 saturated carbocycles. The lowest BCUT2D eigenvalue weighted by molar-refractivity contribution is -0.870. The summed E-state index contributed by atoms with van der Waals surface area (Å²) >= 11 is 0. The minimum absolute atomic E-state index is 0.135. The first-order valence-corrected chi connectivity index (χ1v) is 23.4. The van der Waals surface area contributed by atoms with Crippen molar-refractivity contribution in [3.8, 4) is 0 Å². The number of ether oxygens (including phenoxy) is 4. The van der Waals surface area contributed by atoms with Gasteiger partial charge < -0.3 is 33.3 Å². The predicted molar refractivity (Wildman–Crippen MR) is 250 cm³/mol. The summed E-state index contributed by atoms with van der Waals surface area (Å²) in [6.07, 6.45) is 53.0. The molecule has 0 rings (SSSR count). The molecule has 61 heavy (non-hydrogen) atoms. The molecule has 9 nitrogen and oxygen atoms in total. The van der Waals surface area contributed by atoms with Gasteiger partial charge in [-0.2, -0.15) is 0 Å². The van der Waals surface area contributed by atoms with Crippen LogP contribution >= 0.6 is 0 Å². The van der Waals surface area contributed by atoms with E-state index in [0.29, 0.717) is 23.9 Å².